The molecule has 1 aromatic carbocycles. The Labute approximate surface area is 152 Å². The molecule has 1 atom stereocenters. The molecule has 0 saturated carbocycles. The molecule has 1 amide bonds. The second-order valence-corrected chi connectivity index (χ2v) is 6.06. The number of nitrogens with two attached hydrogens (primary N) is 1. The first-order valence-electron chi connectivity index (χ1n) is 7.96. The summed E-state index contributed by atoms with van der Waals surface area (Å²) in [5.41, 5.74) is 8.18. The summed E-state index contributed by atoms with van der Waals surface area (Å²) in [5.74, 6) is 0.0257. The Balaban J connectivity index is 0.00000242. The summed E-state index contributed by atoms with van der Waals surface area (Å²) in [4.78, 5) is 14.2. The molecule has 132 valence electrons. The maximum atomic E-state index is 11.7. The van der Waals surface area contributed by atoms with E-state index < -0.39 is 0 Å². The van der Waals surface area contributed by atoms with Gasteiger partial charge in [0.1, 0.15) is 0 Å². The maximum Gasteiger partial charge on any atom is 0.221 e. The van der Waals surface area contributed by atoms with Gasteiger partial charge in [0.25, 0.3) is 0 Å². The Morgan fingerprint density at radius 1 is 1.17 bits per heavy atom. The first-order valence-corrected chi connectivity index (χ1v) is 7.96. The Kier molecular flexibility index (Phi) is 11.3. The fourth-order valence-corrected chi connectivity index (χ4v) is 2.80. The zero-order chi connectivity index (χ0) is 15.1. The van der Waals surface area contributed by atoms with E-state index in [4.69, 9.17) is 5.73 Å². The van der Waals surface area contributed by atoms with Gasteiger partial charge in [-0.2, -0.15) is 0 Å². The van der Waals surface area contributed by atoms with Gasteiger partial charge in [-0.05, 0) is 44.0 Å². The lowest BCUT2D eigenvalue weighted by atomic mass is 10.0. The van der Waals surface area contributed by atoms with Crippen molar-refractivity contribution in [3.63, 3.8) is 0 Å². The van der Waals surface area contributed by atoms with E-state index in [0.29, 0.717) is 13.0 Å². The molecule has 0 radical (unpaired) electrons. The van der Waals surface area contributed by atoms with Crippen molar-refractivity contribution in [1.82, 2.24) is 10.2 Å². The Hall–Kier alpha value is -0.810. The van der Waals surface area contributed by atoms with Crippen LogP contribution in [0.1, 0.15) is 43.7 Å². The second kappa shape index (κ2) is 11.7. The summed E-state index contributed by atoms with van der Waals surface area (Å²) in [6.07, 6.45) is 4.33. The summed E-state index contributed by atoms with van der Waals surface area (Å²) >= 11 is 0. The van der Waals surface area contributed by atoms with Crippen LogP contribution in [0.3, 0.4) is 0 Å². The number of benzene rings is 1. The molecule has 4 nitrogen and oxygen atoms in total. The van der Waals surface area contributed by atoms with Crippen molar-refractivity contribution in [1.29, 1.82) is 0 Å². The number of carbonyl (C=O) groups is 1. The molecule has 1 aliphatic heterocycles. The zero-order valence-electron chi connectivity index (χ0n) is 13.8. The average molecular weight is 362 g/mol. The van der Waals surface area contributed by atoms with E-state index in [-0.39, 0.29) is 36.8 Å². The number of rotatable bonds is 6. The van der Waals surface area contributed by atoms with Crippen molar-refractivity contribution in [2.24, 2.45) is 5.73 Å². The number of hydrogen-bond donors (Lipinski definition) is 2. The van der Waals surface area contributed by atoms with Gasteiger partial charge in [-0.25, -0.2) is 0 Å². The topological polar surface area (TPSA) is 58.4 Å². The van der Waals surface area contributed by atoms with Crippen molar-refractivity contribution in [3.8, 4) is 0 Å². The van der Waals surface area contributed by atoms with Crippen LogP contribution < -0.4 is 11.1 Å². The van der Waals surface area contributed by atoms with Gasteiger partial charge in [0.15, 0.2) is 0 Å². The van der Waals surface area contributed by atoms with Crippen molar-refractivity contribution < 1.29 is 4.79 Å². The van der Waals surface area contributed by atoms with Crippen molar-refractivity contribution in [2.75, 3.05) is 13.1 Å². The van der Waals surface area contributed by atoms with Crippen LogP contribution in [0.4, 0.5) is 0 Å². The SMILES string of the molecule is CC(N)CC(=O)NCc1ccccc1CN1CCCCC1.Cl.Cl. The largest absolute Gasteiger partial charge is 0.352 e. The number of nitrogens with one attached hydrogen (secondary N) is 1. The molecule has 23 heavy (non-hydrogen) atoms. The Morgan fingerprint density at radius 3 is 2.39 bits per heavy atom. The fourth-order valence-electron chi connectivity index (χ4n) is 2.80. The van der Waals surface area contributed by atoms with Crippen LogP contribution in [0.25, 0.3) is 0 Å². The minimum absolute atomic E-state index is 0. The summed E-state index contributed by atoms with van der Waals surface area (Å²) in [5, 5.41) is 2.97. The van der Waals surface area contributed by atoms with E-state index in [1.165, 1.54) is 43.5 Å². The quantitative estimate of drug-likeness (QED) is 0.818. The predicted octanol–water partition coefficient (Wildman–Crippen LogP) is 2.87. The molecule has 1 aromatic rings. The van der Waals surface area contributed by atoms with Crippen LogP contribution in [-0.2, 0) is 17.9 Å². The van der Waals surface area contributed by atoms with E-state index in [9.17, 15) is 4.79 Å². The molecule has 0 aliphatic carbocycles. The minimum atomic E-state index is -0.0893. The maximum absolute atomic E-state index is 11.7. The van der Waals surface area contributed by atoms with Gasteiger partial charge in [0.05, 0.1) is 0 Å². The molecule has 3 N–H and O–H groups in total. The normalized spacial score (nSPS) is 15.9. The zero-order valence-corrected chi connectivity index (χ0v) is 15.4. The van der Waals surface area contributed by atoms with Crippen LogP contribution >= 0.6 is 24.8 Å². The standard InChI is InChI=1S/C17H27N3O.2ClH/c1-14(18)11-17(21)19-12-15-7-3-4-8-16(15)13-20-9-5-2-6-10-20;;/h3-4,7-8,14H,2,5-6,9-13,18H2,1H3,(H,19,21);2*1H. The van der Waals surface area contributed by atoms with Gasteiger partial charge in [-0.15, -0.1) is 24.8 Å². The Bertz CT molecular complexity index is 463. The molecule has 1 aliphatic rings. The lowest BCUT2D eigenvalue weighted by Gasteiger charge is -2.27. The van der Waals surface area contributed by atoms with E-state index >= 15 is 0 Å². The van der Waals surface area contributed by atoms with Crippen LogP contribution in [0.15, 0.2) is 24.3 Å². The van der Waals surface area contributed by atoms with Crippen LogP contribution in [-0.4, -0.2) is 29.9 Å². The van der Waals surface area contributed by atoms with E-state index in [0.717, 1.165) is 6.54 Å². The molecular weight excluding hydrogens is 333 g/mol. The van der Waals surface area contributed by atoms with Gasteiger partial charge < -0.3 is 11.1 Å². The van der Waals surface area contributed by atoms with E-state index in [1.54, 1.807) is 0 Å². The summed E-state index contributed by atoms with van der Waals surface area (Å²) < 4.78 is 0. The number of carbonyl (C=O) groups excluding carboxylic acids is 1. The highest BCUT2D eigenvalue weighted by Crippen LogP contribution is 2.16. The number of amides is 1. The summed E-state index contributed by atoms with van der Waals surface area (Å²) in [6, 6.07) is 8.29. The molecule has 1 unspecified atom stereocenters. The number of piperidine rings is 1. The highest BCUT2D eigenvalue weighted by Gasteiger charge is 2.13. The fraction of sp³-hybridized carbons (Fsp3) is 0.588. The van der Waals surface area contributed by atoms with Crippen LogP contribution in [0.2, 0.25) is 0 Å². The first kappa shape index (κ1) is 22.2. The number of likely N-dealkylation sites (tertiary alicyclic amines) is 1. The number of halogens is 2. The third-order valence-corrected chi connectivity index (χ3v) is 3.94. The first-order chi connectivity index (χ1) is 10.1. The molecule has 0 bridgehead atoms. The average Bonchev–Trinajstić information content (AvgIpc) is 2.47. The van der Waals surface area contributed by atoms with Crippen LogP contribution in [0, 0.1) is 0 Å². The van der Waals surface area contributed by atoms with Gasteiger partial charge >= 0.3 is 0 Å². The lowest BCUT2D eigenvalue weighted by molar-refractivity contribution is -0.121. The minimum Gasteiger partial charge on any atom is -0.352 e. The molecule has 0 aromatic heterocycles. The molecule has 0 spiro atoms. The third-order valence-electron chi connectivity index (χ3n) is 3.94. The Morgan fingerprint density at radius 2 is 1.78 bits per heavy atom. The molecule has 6 heteroatoms. The summed E-state index contributed by atoms with van der Waals surface area (Å²) in [7, 11) is 0. The molecule has 1 heterocycles. The number of hydrogen-bond acceptors (Lipinski definition) is 3. The van der Waals surface area contributed by atoms with Gasteiger partial charge in [0.2, 0.25) is 5.91 Å². The molecule has 2 rings (SSSR count). The highest BCUT2D eigenvalue weighted by molar-refractivity contribution is 5.85. The van der Waals surface area contributed by atoms with Crippen molar-refractivity contribution in [2.45, 2.75) is 51.7 Å². The smallest absolute Gasteiger partial charge is 0.221 e. The molecule has 1 saturated heterocycles. The molecular formula is C17H29Cl2N3O. The van der Waals surface area contributed by atoms with Crippen LogP contribution in [0.5, 0.6) is 0 Å². The lowest BCUT2D eigenvalue weighted by Crippen LogP contribution is -2.31. The highest BCUT2D eigenvalue weighted by atomic mass is 35.5. The second-order valence-electron chi connectivity index (χ2n) is 6.06. The van der Waals surface area contributed by atoms with Crippen molar-refractivity contribution in [3.05, 3.63) is 35.4 Å². The number of nitrogens with zero attached hydrogens (tertiary/aromatic N) is 1. The van der Waals surface area contributed by atoms with Gasteiger partial charge in [-0.3, -0.25) is 9.69 Å². The monoisotopic (exact) mass is 361 g/mol. The van der Waals surface area contributed by atoms with E-state index in [2.05, 4.69) is 28.4 Å². The van der Waals surface area contributed by atoms with Crippen molar-refractivity contribution >= 4 is 30.7 Å². The van der Waals surface area contributed by atoms with E-state index in [1.807, 2.05) is 13.0 Å². The third kappa shape index (κ3) is 8.02. The molecule has 1 fully saturated rings. The van der Waals surface area contributed by atoms with Gasteiger partial charge in [0, 0.05) is 25.6 Å². The van der Waals surface area contributed by atoms with Gasteiger partial charge in [-0.1, -0.05) is 30.7 Å². The predicted molar refractivity (Wildman–Crippen MR) is 100 cm³/mol. The summed E-state index contributed by atoms with van der Waals surface area (Å²) in [6.45, 7) is 5.80.